The third-order valence-electron chi connectivity index (χ3n) is 2.39. The summed E-state index contributed by atoms with van der Waals surface area (Å²) in [4.78, 5) is 20.9. The first-order chi connectivity index (χ1) is 9.69. The average molecular weight is 446 g/mol. The first kappa shape index (κ1) is 24.2. The monoisotopic (exact) mass is 444 g/mol. The van der Waals surface area contributed by atoms with E-state index < -0.39 is 10.8 Å². The number of rotatable bonds is 5. The molecule has 0 aliphatic rings. The Morgan fingerprint density at radius 3 is 1.55 bits per heavy atom. The molecule has 0 saturated heterocycles. The van der Waals surface area contributed by atoms with Crippen LogP contribution in [0.1, 0.15) is 61.3 Å². The van der Waals surface area contributed by atoms with Crippen LogP contribution in [0.3, 0.4) is 0 Å². The van der Waals surface area contributed by atoms with Crippen LogP contribution < -0.4 is 0 Å². The van der Waals surface area contributed by atoms with Crippen molar-refractivity contribution >= 4 is 43.8 Å². The third kappa shape index (κ3) is 16.3. The summed E-state index contributed by atoms with van der Waals surface area (Å²) in [6.07, 6.45) is 1.45. The Kier molecular flexibility index (Phi) is 11.7. The lowest BCUT2D eigenvalue weighted by Crippen LogP contribution is -2.23. The molecule has 0 aromatic rings. The van der Waals surface area contributed by atoms with Crippen molar-refractivity contribution in [2.24, 2.45) is 10.8 Å². The van der Waals surface area contributed by atoms with Crippen LogP contribution in [0.15, 0.2) is 0 Å². The lowest BCUT2D eigenvalue weighted by atomic mass is 9.90. The number of carbonyl (C=O) groups is 2. The van der Waals surface area contributed by atoms with Gasteiger partial charge in [-0.05, 0) is 30.6 Å². The highest BCUT2D eigenvalue weighted by molar-refractivity contribution is 9.10. The van der Waals surface area contributed by atoms with E-state index in [9.17, 15) is 9.59 Å². The highest BCUT2D eigenvalue weighted by Crippen LogP contribution is 2.25. The minimum Gasteiger partial charge on any atom is -0.480 e. The van der Waals surface area contributed by atoms with Crippen molar-refractivity contribution in [2.45, 2.75) is 71.0 Å². The van der Waals surface area contributed by atoms with Crippen LogP contribution >= 0.6 is 31.9 Å². The second kappa shape index (κ2) is 10.6. The van der Waals surface area contributed by atoms with Crippen LogP contribution in [0.4, 0.5) is 0 Å². The van der Waals surface area contributed by atoms with Crippen LogP contribution in [-0.4, -0.2) is 33.3 Å². The van der Waals surface area contributed by atoms with Gasteiger partial charge >= 0.3 is 11.9 Å². The number of carboxylic acid groups (broad SMARTS) is 1. The first-order valence-corrected chi connectivity index (χ1v) is 9.20. The minimum absolute atomic E-state index is 0.0759. The molecular formula is C16H30Br2O4. The van der Waals surface area contributed by atoms with Crippen LogP contribution in [-0.2, 0) is 14.3 Å². The molecule has 2 atom stereocenters. The van der Waals surface area contributed by atoms with Gasteiger partial charge in [-0.2, -0.15) is 0 Å². The van der Waals surface area contributed by atoms with E-state index in [-0.39, 0.29) is 21.6 Å². The van der Waals surface area contributed by atoms with Crippen molar-refractivity contribution in [2.75, 3.05) is 6.61 Å². The van der Waals surface area contributed by atoms with Crippen LogP contribution in [0, 0.1) is 10.8 Å². The zero-order valence-corrected chi connectivity index (χ0v) is 17.9. The van der Waals surface area contributed by atoms with Gasteiger partial charge in [-0.25, -0.2) is 0 Å². The lowest BCUT2D eigenvalue weighted by molar-refractivity contribution is -0.142. The minimum atomic E-state index is -0.782. The second-order valence-electron chi connectivity index (χ2n) is 7.55. The quantitative estimate of drug-likeness (QED) is 0.476. The molecule has 0 radical (unpaired) electrons. The molecule has 2 unspecified atom stereocenters. The molecule has 0 rings (SSSR count). The van der Waals surface area contributed by atoms with Crippen molar-refractivity contribution in [3.8, 4) is 0 Å². The Bertz CT molecular complexity index is 343. The van der Waals surface area contributed by atoms with Crippen molar-refractivity contribution in [1.82, 2.24) is 0 Å². The average Bonchev–Trinajstić information content (AvgIpc) is 2.25. The van der Waals surface area contributed by atoms with E-state index in [2.05, 4.69) is 52.6 Å². The van der Waals surface area contributed by atoms with Gasteiger partial charge in [-0.15, -0.1) is 0 Å². The molecule has 1 N–H and O–H groups in total. The van der Waals surface area contributed by atoms with Crippen molar-refractivity contribution in [3.63, 3.8) is 0 Å². The highest BCUT2D eigenvalue weighted by Gasteiger charge is 2.23. The molecule has 0 heterocycles. The molecular weight excluding hydrogens is 416 g/mol. The molecule has 0 spiro atoms. The van der Waals surface area contributed by atoms with Gasteiger partial charge in [0.2, 0.25) is 0 Å². The molecule has 0 aliphatic heterocycles. The number of aliphatic carboxylic acids is 1. The van der Waals surface area contributed by atoms with Gasteiger partial charge in [0.15, 0.2) is 0 Å². The summed E-state index contributed by atoms with van der Waals surface area (Å²) in [7, 11) is 0. The fraction of sp³-hybridized carbons (Fsp3) is 0.875. The third-order valence-corrected chi connectivity index (χ3v) is 3.81. The second-order valence-corrected chi connectivity index (χ2v) is 9.77. The molecule has 0 aliphatic carbocycles. The van der Waals surface area contributed by atoms with Gasteiger partial charge in [0.25, 0.3) is 0 Å². The van der Waals surface area contributed by atoms with E-state index in [1.807, 2.05) is 27.7 Å². The van der Waals surface area contributed by atoms with Gasteiger partial charge in [0.1, 0.15) is 9.65 Å². The fourth-order valence-electron chi connectivity index (χ4n) is 1.48. The SMILES string of the molecule is CC(C)(C)CC(Br)C(=O)O.CCOC(=O)C(Br)CC(C)(C)C. The normalized spacial score (nSPS) is 14.4. The maximum Gasteiger partial charge on any atom is 0.319 e. The van der Waals surface area contributed by atoms with Gasteiger partial charge in [0, 0.05) is 0 Å². The zero-order valence-electron chi connectivity index (χ0n) is 14.7. The van der Waals surface area contributed by atoms with Crippen molar-refractivity contribution in [3.05, 3.63) is 0 Å². The maximum atomic E-state index is 11.2. The van der Waals surface area contributed by atoms with Crippen LogP contribution in [0.2, 0.25) is 0 Å². The van der Waals surface area contributed by atoms with Gasteiger partial charge < -0.3 is 9.84 Å². The topological polar surface area (TPSA) is 63.6 Å². The van der Waals surface area contributed by atoms with Gasteiger partial charge in [-0.3, -0.25) is 9.59 Å². The molecule has 0 aromatic heterocycles. The smallest absolute Gasteiger partial charge is 0.319 e. The number of halogens is 2. The number of ether oxygens (including phenoxy) is 1. The molecule has 0 amide bonds. The predicted molar refractivity (Wildman–Crippen MR) is 97.8 cm³/mol. The maximum absolute atomic E-state index is 11.2. The van der Waals surface area contributed by atoms with Crippen molar-refractivity contribution < 1.29 is 19.4 Å². The summed E-state index contributed by atoms with van der Waals surface area (Å²) in [5.74, 6) is -0.942. The van der Waals surface area contributed by atoms with E-state index >= 15 is 0 Å². The van der Waals surface area contributed by atoms with E-state index in [1.165, 1.54) is 0 Å². The van der Waals surface area contributed by atoms with E-state index in [0.717, 1.165) is 6.42 Å². The molecule has 132 valence electrons. The number of esters is 1. The molecule has 0 fully saturated rings. The Labute approximate surface area is 151 Å². The van der Waals surface area contributed by atoms with E-state index in [4.69, 9.17) is 9.84 Å². The summed E-state index contributed by atoms with van der Waals surface area (Å²) < 4.78 is 4.86. The van der Waals surface area contributed by atoms with Crippen molar-refractivity contribution in [1.29, 1.82) is 0 Å². The largest absolute Gasteiger partial charge is 0.480 e. The molecule has 4 nitrogen and oxygen atoms in total. The summed E-state index contributed by atoms with van der Waals surface area (Å²) >= 11 is 6.38. The lowest BCUT2D eigenvalue weighted by Gasteiger charge is -2.20. The number of carboxylic acids is 1. The van der Waals surface area contributed by atoms with Gasteiger partial charge in [-0.1, -0.05) is 73.4 Å². The number of carbonyl (C=O) groups excluding carboxylic acids is 1. The Morgan fingerprint density at radius 2 is 1.32 bits per heavy atom. The van der Waals surface area contributed by atoms with E-state index in [0.29, 0.717) is 13.0 Å². The summed E-state index contributed by atoms with van der Waals surface area (Å²) in [5, 5.41) is 8.50. The Hall–Kier alpha value is -0.100. The summed E-state index contributed by atoms with van der Waals surface area (Å²) in [6, 6.07) is 0. The zero-order chi connectivity index (χ0) is 18.1. The standard InChI is InChI=1S/C9H17BrO2.C7H13BrO2/c1-5-12-8(11)7(10)6-9(2,3)4;1-7(2,3)4-5(8)6(9)10/h7H,5-6H2,1-4H3;5H,4H2,1-3H3,(H,9,10). The predicted octanol–water partition coefficient (Wildman–Crippen LogP) is 5.02. The number of hydrogen-bond acceptors (Lipinski definition) is 3. The molecule has 0 saturated carbocycles. The van der Waals surface area contributed by atoms with E-state index in [1.54, 1.807) is 0 Å². The fourth-order valence-corrected chi connectivity index (χ4v) is 3.55. The summed E-state index contributed by atoms with van der Waals surface area (Å²) in [6.45, 7) is 14.6. The first-order valence-electron chi connectivity index (χ1n) is 7.37. The van der Waals surface area contributed by atoms with Crippen LogP contribution in [0.5, 0.6) is 0 Å². The highest BCUT2D eigenvalue weighted by atomic mass is 79.9. The summed E-state index contributed by atoms with van der Waals surface area (Å²) in [5.41, 5.74) is 0.230. The van der Waals surface area contributed by atoms with Crippen LogP contribution in [0.25, 0.3) is 0 Å². The number of hydrogen-bond donors (Lipinski definition) is 1. The molecule has 22 heavy (non-hydrogen) atoms. The van der Waals surface area contributed by atoms with Gasteiger partial charge in [0.05, 0.1) is 6.61 Å². The Balaban J connectivity index is 0. The number of alkyl halides is 2. The molecule has 6 heteroatoms. The Morgan fingerprint density at radius 1 is 0.955 bits per heavy atom. The molecule has 0 aromatic carbocycles. The molecule has 0 bridgehead atoms.